The van der Waals surface area contributed by atoms with Crippen LogP contribution < -0.4 is 10.3 Å². The van der Waals surface area contributed by atoms with Crippen molar-refractivity contribution in [2.75, 3.05) is 7.11 Å². The summed E-state index contributed by atoms with van der Waals surface area (Å²) in [5.74, 6) is 0.316. The summed E-state index contributed by atoms with van der Waals surface area (Å²) in [6.45, 7) is 1.93. The minimum absolute atomic E-state index is 0.209. The molecule has 1 N–H and O–H groups in total. The van der Waals surface area contributed by atoms with Crippen molar-refractivity contribution < 1.29 is 9.53 Å². The first-order valence-corrected chi connectivity index (χ1v) is 7.57. The molecular formula is C20H17NO3. The summed E-state index contributed by atoms with van der Waals surface area (Å²) in [6, 6.07) is 14.7. The maximum absolute atomic E-state index is 12.4. The fraction of sp³-hybridized carbons (Fsp3) is 0.100. The highest BCUT2D eigenvalue weighted by Gasteiger charge is 2.10. The molecule has 4 heteroatoms. The summed E-state index contributed by atoms with van der Waals surface area (Å²) in [5, 5.41) is 0.914. The van der Waals surface area contributed by atoms with Gasteiger partial charge in [-0.3, -0.25) is 9.59 Å². The Labute approximate surface area is 139 Å². The van der Waals surface area contributed by atoms with Gasteiger partial charge in [0, 0.05) is 11.1 Å². The van der Waals surface area contributed by atoms with Gasteiger partial charge in [0.05, 0.1) is 12.7 Å². The summed E-state index contributed by atoms with van der Waals surface area (Å²) in [4.78, 5) is 27.3. The van der Waals surface area contributed by atoms with Crippen LogP contribution >= 0.6 is 0 Å². The van der Waals surface area contributed by atoms with Crippen molar-refractivity contribution in [1.82, 2.24) is 4.98 Å². The number of ketones is 1. The molecule has 120 valence electrons. The second kappa shape index (κ2) is 6.54. The zero-order valence-corrected chi connectivity index (χ0v) is 13.5. The van der Waals surface area contributed by atoms with Crippen molar-refractivity contribution >= 4 is 22.8 Å². The first-order valence-electron chi connectivity index (χ1n) is 7.57. The average Bonchev–Trinajstić information content (AvgIpc) is 2.59. The van der Waals surface area contributed by atoms with Gasteiger partial charge in [-0.05, 0) is 54.3 Å². The van der Waals surface area contributed by atoms with Gasteiger partial charge < -0.3 is 9.72 Å². The Kier molecular flexibility index (Phi) is 4.29. The maximum atomic E-state index is 12.4. The number of ether oxygens (including phenoxy) is 1. The second-order valence-electron chi connectivity index (χ2n) is 5.54. The van der Waals surface area contributed by atoms with E-state index in [9.17, 15) is 9.59 Å². The SMILES string of the molecule is COc1cc(C)ccc1C(=O)/C=C/c1cc2ccccc2[nH]c1=O. The Morgan fingerprint density at radius 3 is 2.71 bits per heavy atom. The third kappa shape index (κ3) is 3.13. The van der Waals surface area contributed by atoms with E-state index in [1.54, 1.807) is 12.1 Å². The van der Waals surface area contributed by atoms with E-state index in [-0.39, 0.29) is 11.3 Å². The van der Waals surface area contributed by atoms with Crippen LogP contribution in [0.2, 0.25) is 0 Å². The lowest BCUT2D eigenvalue weighted by molar-refractivity contribution is 0.104. The van der Waals surface area contributed by atoms with Gasteiger partial charge in [-0.15, -0.1) is 0 Å². The third-order valence-corrected chi connectivity index (χ3v) is 3.82. The Morgan fingerprint density at radius 1 is 1.12 bits per heavy atom. The van der Waals surface area contributed by atoms with Gasteiger partial charge in [-0.2, -0.15) is 0 Å². The van der Waals surface area contributed by atoms with Gasteiger partial charge in [-0.1, -0.05) is 24.3 Å². The van der Waals surface area contributed by atoms with Crippen LogP contribution in [-0.2, 0) is 0 Å². The lowest BCUT2D eigenvalue weighted by atomic mass is 10.1. The molecule has 0 aliphatic heterocycles. The number of pyridine rings is 1. The zero-order valence-electron chi connectivity index (χ0n) is 13.5. The summed E-state index contributed by atoms with van der Waals surface area (Å²) >= 11 is 0. The fourth-order valence-electron chi connectivity index (χ4n) is 2.55. The Hall–Kier alpha value is -3.14. The van der Waals surface area contributed by atoms with Crippen LogP contribution in [0.15, 0.2) is 59.4 Å². The van der Waals surface area contributed by atoms with Crippen molar-refractivity contribution in [3.05, 3.63) is 81.7 Å². The van der Waals surface area contributed by atoms with E-state index in [4.69, 9.17) is 4.74 Å². The number of fused-ring (bicyclic) bond motifs is 1. The van der Waals surface area contributed by atoms with Crippen LogP contribution in [-0.4, -0.2) is 17.9 Å². The van der Waals surface area contributed by atoms with Gasteiger partial charge in [0.15, 0.2) is 5.78 Å². The first-order chi connectivity index (χ1) is 11.6. The number of aryl methyl sites for hydroxylation is 1. The molecule has 1 heterocycles. The number of aromatic amines is 1. The van der Waals surface area contributed by atoms with E-state index in [1.165, 1.54) is 19.3 Å². The van der Waals surface area contributed by atoms with E-state index in [0.29, 0.717) is 16.9 Å². The predicted octanol–water partition coefficient (Wildman–Crippen LogP) is 3.74. The lowest BCUT2D eigenvalue weighted by Crippen LogP contribution is -2.09. The van der Waals surface area contributed by atoms with Crippen molar-refractivity contribution in [2.45, 2.75) is 6.92 Å². The van der Waals surface area contributed by atoms with Gasteiger partial charge in [-0.25, -0.2) is 0 Å². The van der Waals surface area contributed by atoms with Gasteiger partial charge in [0.1, 0.15) is 5.75 Å². The zero-order chi connectivity index (χ0) is 17.1. The number of allylic oxidation sites excluding steroid dienone is 1. The van der Waals surface area contributed by atoms with Crippen LogP contribution in [0.3, 0.4) is 0 Å². The van der Waals surface area contributed by atoms with E-state index >= 15 is 0 Å². The predicted molar refractivity (Wildman–Crippen MR) is 95.7 cm³/mol. The van der Waals surface area contributed by atoms with Crippen LogP contribution in [0.25, 0.3) is 17.0 Å². The minimum atomic E-state index is -0.228. The molecule has 0 amide bonds. The molecule has 2 aromatic carbocycles. The monoisotopic (exact) mass is 319 g/mol. The number of benzene rings is 2. The molecule has 0 bridgehead atoms. The maximum Gasteiger partial charge on any atom is 0.255 e. The highest BCUT2D eigenvalue weighted by atomic mass is 16.5. The highest BCUT2D eigenvalue weighted by molar-refractivity contribution is 6.08. The second-order valence-corrected chi connectivity index (χ2v) is 5.54. The molecule has 0 aliphatic rings. The van der Waals surface area contributed by atoms with Crippen molar-refractivity contribution in [1.29, 1.82) is 0 Å². The number of aromatic nitrogens is 1. The number of carbonyl (C=O) groups excluding carboxylic acids is 1. The standard InChI is InChI=1S/C20H17NO3/c1-13-7-9-16(19(11-13)24-2)18(22)10-8-15-12-14-5-3-4-6-17(14)21-20(15)23/h3-12H,1-2H3,(H,21,23)/b10-8+. The smallest absolute Gasteiger partial charge is 0.255 e. The van der Waals surface area contributed by atoms with Crippen LogP contribution in [0.5, 0.6) is 5.75 Å². The van der Waals surface area contributed by atoms with Crippen molar-refractivity contribution in [3.8, 4) is 5.75 Å². The van der Waals surface area contributed by atoms with E-state index < -0.39 is 0 Å². The third-order valence-electron chi connectivity index (χ3n) is 3.82. The minimum Gasteiger partial charge on any atom is -0.496 e. The number of H-pyrrole nitrogens is 1. The van der Waals surface area contributed by atoms with Crippen LogP contribution in [0, 0.1) is 6.92 Å². The molecule has 0 unspecified atom stereocenters. The van der Waals surface area contributed by atoms with Crippen molar-refractivity contribution in [3.63, 3.8) is 0 Å². The molecule has 0 aliphatic carbocycles. The van der Waals surface area contributed by atoms with Crippen LogP contribution in [0.4, 0.5) is 0 Å². The quantitative estimate of drug-likeness (QED) is 0.588. The Bertz CT molecular complexity index is 999. The van der Waals surface area contributed by atoms with E-state index in [0.717, 1.165) is 16.5 Å². The summed E-state index contributed by atoms with van der Waals surface area (Å²) < 4.78 is 5.26. The average molecular weight is 319 g/mol. The molecule has 0 saturated heterocycles. The summed E-state index contributed by atoms with van der Waals surface area (Å²) in [6.07, 6.45) is 2.93. The lowest BCUT2D eigenvalue weighted by Gasteiger charge is -2.06. The topological polar surface area (TPSA) is 59.2 Å². The van der Waals surface area contributed by atoms with Gasteiger partial charge >= 0.3 is 0 Å². The molecule has 3 rings (SSSR count). The number of carbonyl (C=O) groups is 1. The van der Waals surface area contributed by atoms with Crippen LogP contribution in [0.1, 0.15) is 21.5 Å². The Morgan fingerprint density at radius 2 is 1.92 bits per heavy atom. The number of hydrogen-bond acceptors (Lipinski definition) is 3. The van der Waals surface area contributed by atoms with Gasteiger partial charge in [0.2, 0.25) is 0 Å². The first kappa shape index (κ1) is 15.7. The molecule has 0 spiro atoms. The summed E-state index contributed by atoms with van der Waals surface area (Å²) in [7, 11) is 1.53. The molecule has 0 radical (unpaired) electrons. The highest BCUT2D eigenvalue weighted by Crippen LogP contribution is 2.21. The number of methoxy groups -OCH3 is 1. The number of nitrogens with one attached hydrogen (secondary N) is 1. The van der Waals surface area contributed by atoms with E-state index in [2.05, 4.69) is 4.98 Å². The molecule has 24 heavy (non-hydrogen) atoms. The number of para-hydroxylation sites is 1. The van der Waals surface area contributed by atoms with Crippen molar-refractivity contribution in [2.24, 2.45) is 0 Å². The Balaban J connectivity index is 1.95. The van der Waals surface area contributed by atoms with E-state index in [1.807, 2.05) is 43.3 Å². The molecule has 4 nitrogen and oxygen atoms in total. The number of rotatable bonds is 4. The van der Waals surface area contributed by atoms with Gasteiger partial charge in [0.25, 0.3) is 5.56 Å². The molecule has 0 fully saturated rings. The molecule has 1 aromatic heterocycles. The largest absolute Gasteiger partial charge is 0.496 e. The molecule has 0 atom stereocenters. The molecular weight excluding hydrogens is 302 g/mol. The molecule has 0 saturated carbocycles. The summed E-state index contributed by atoms with van der Waals surface area (Å²) in [5.41, 5.74) is 2.46. The normalized spacial score (nSPS) is 11.1. The fourth-order valence-corrected chi connectivity index (χ4v) is 2.55. The number of hydrogen-bond donors (Lipinski definition) is 1. The molecule has 3 aromatic rings.